The molecular formula is C13H17ClN4. The monoisotopic (exact) mass is 264 g/mol. The molecule has 0 saturated carbocycles. The highest BCUT2D eigenvalue weighted by molar-refractivity contribution is 6.32. The largest absolute Gasteiger partial charge is 0.364 e. The Morgan fingerprint density at radius 1 is 1.44 bits per heavy atom. The van der Waals surface area contributed by atoms with Gasteiger partial charge in [-0.15, -0.1) is 0 Å². The average molecular weight is 265 g/mol. The number of imidazole rings is 1. The number of pyridine rings is 1. The van der Waals surface area contributed by atoms with E-state index in [1.54, 1.807) is 0 Å². The lowest BCUT2D eigenvalue weighted by molar-refractivity contribution is 0.602. The minimum atomic E-state index is 0.311. The molecule has 0 amide bonds. The topological polar surface area (TPSA) is 32.6 Å². The van der Waals surface area contributed by atoms with Crippen LogP contribution in [0.5, 0.6) is 0 Å². The van der Waals surface area contributed by atoms with Crippen LogP contribution in [0.3, 0.4) is 0 Å². The maximum Gasteiger partial charge on any atom is 0.155 e. The zero-order chi connectivity index (χ0) is 12.7. The van der Waals surface area contributed by atoms with Crippen molar-refractivity contribution in [1.29, 1.82) is 0 Å². The molecular weight excluding hydrogens is 248 g/mol. The van der Waals surface area contributed by atoms with Gasteiger partial charge in [0.05, 0.1) is 11.6 Å². The van der Waals surface area contributed by atoms with Crippen molar-refractivity contribution in [2.75, 3.05) is 25.5 Å². The third-order valence-corrected chi connectivity index (χ3v) is 3.73. The van der Waals surface area contributed by atoms with Crippen molar-refractivity contribution in [3.05, 3.63) is 29.2 Å². The Kier molecular flexibility index (Phi) is 2.92. The summed E-state index contributed by atoms with van der Waals surface area (Å²) in [6, 6.07) is 6.43. The minimum absolute atomic E-state index is 0.311. The predicted molar refractivity (Wildman–Crippen MR) is 74.5 cm³/mol. The molecule has 1 N–H and O–H groups in total. The van der Waals surface area contributed by atoms with Crippen molar-refractivity contribution in [1.82, 2.24) is 14.7 Å². The first-order valence-corrected chi connectivity index (χ1v) is 6.64. The van der Waals surface area contributed by atoms with Crippen molar-refractivity contribution >= 4 is 22.9 Å². The third kappa shape index (κ3) is 1.76. The number of anilines is 1. The van der Waals surface area contributed by atoms with E-state index in [9.17, 15) is 0 Å². The molecule has 0 aliphatic carbocycles. The van der Waals surface area contributed by atoms with Crippen LogP contribution < -0.4 is 10.2 Å². The van der Waals surface area contributed by atoms with Crippen molar-refractivity contribution in [2.24, 2.45) is 0 Å². The first-order valence-electron chi connectivity index (χ1n) is 6.26. The van der Waals surface area contributed by atoms with E-state index in [0.29, 0.717) is 11.2 Å². The summed E-state index contributed by atoms with van der Waals surface area (Å²) in [5.74, 6) is 2.13. The lowest BCUT2D eigenvalue weighted by atomic mass is 10.2. The summed E-state index contributed by atoms with van der Waals surface area (Å²) in [4.78, 5) is 6.64. The molecule has 1 aliphatic rings. The van der Waals surface area contributed by atoms with Crippen LogP contribution in [0.2, 0.25) is 5.15 Å². The molecule has 2 aromatic rings. The molecule has 18 heavy (non-hydrogen) atoms. The number of nitrogens with one attached hydrogen (secondary N) is 1. The van der Waals surface area contributed by atoms with Crippen LogP contribution in [0.1, 0.15) is 24.7 Å². The van der Waals surface area contributed by atoms with Gasteiger partial charge in [0.25, 0.3) is 0 Å². The van der Waals surface area contributed by atoms with Gasteiger partial charge in [0.15, 0.2) is 5.15 Å². The van der Waals surface area contributed by atoms with E-state index in [0.717, 1.165) is 30.1 Å². The molecule has 2 aromatic heterocycles. The van der Waals surface area contributed by atoms with Crippen LogP contribution >= 0.6 is 11.6 Å². The molecule has 5 heteroatoms. The van der Waals surface area contributed by atoms with Crippen LogP contribution in [-0.4, -0.2) is 30.0 Å². The van der Waals surface area contributed by atoms with Gasteiger partial charge in [-0.3, -0.25) is 4.40 Å². The van der Waals surface area contributed by atoms with Gasteiger partial charge in [0, 0.05) is 14.1 Å². The van der Waals surface area contributed by atoms with Crippen LogP contribution in [-0.2, 0) is 0 Å². The summed E-state index contributed by atoms with van der Waals surface area (Å²) in [6.45, 7) is 1.06. The lowest BCUT2D eigenvalue weighted by Gasteiger charge is -2.18. The molecule has 3 rings (SSSR count). The minimum Gasteiger partial charge on any atom is -0.364 e. The van der Waals surface area contributed by atoms with E-state index in [2.05, 4.69) is 25.7 Å². The van der Waals surface area contributed by atoms with Crippen molar-refractivity contribution in [2.45, 2.75) is 18.9 Å². The van der Waals surface area contributed by atoms with Crippen molar-refractivity contribution in [3.63, 3.8) is 0 Å². The summed E-state index contributed by atoms with van der Waals surface area (Å²) in [6.07, 6.45) is 2.32. The fourth-order valence-electron chi connectivity index (χ4n) is 2.60. The van der Waals surface area contributed by atoms with Crippen molar-refractivity contribution in [3.8, 4) is 0 Å². The number of hydrogen-bond acceptors (Lipinski definition) is 3. The molecule has 0 spiro atoms. The molecule has 4 nitrogen and oxygen atoms in total. The molecule has 96 valence electrons. The summed E-state index contributed by atoms with van der Waals surface area (Å²) in [5, 5.41) is 4.07. The Hall–Kier alpha value is -1.26. The zero-order valence-electron chi connectivity index (χ0n) is 10.7. The van der Waals surface area contributed by atoms with Crippen LogP contribution in [0.25, 0.3) is 5.52 Å². The second kappa shape index (κ2) is 4.44. The predicted octanol–water partition coefficient (Wildman–Crippen LogP) is 2.48. The Bertz CT molecular complexity index is 570. The maximum absolute atomic E-state index is 6.25. The maximum atomic E-state index is 6.25. The standard InChI is InChI=1S/C13H17ClN4/c1-17(2)11-7-3-6-10-12(14)16-13(18(10)11)9-5-4-8-15-9/h3,6-7,9,15H,4-5,8H2,1-2H3. The Morgan fingerprint density at radius 3 is 2.94 bits per heavy atom. The molecule has 1 fully saturated rings. The van der Waals surface area contributed by atoms with Gasteiger partial charge in [-0.25, -0.2) is 4.98 Å². The zero-order valence-corrected chi connectivity index (χ0v) is 11.4. The van der Waals surface area contributed by atoms with E-state index >= 15 is 0 Å². The van der Waals surface area contributed by atoms with Gasteiger partial charge >= 0.3 is 0 Å². The number of hydrogen-bond donors (Lipinski definition) is 1. The Morgan fingerprint density at radius 2 is 2.28 bits per heavy atom. The molecule has 1 unspecified atom stereocenters. The number of rotatable bonds is 2. The van der Waals surface area contributed by atoms with E-state index < -0.39 is 0 Å². The summed E-state index contributed by atoms with van der Waals surface area (Å²) < 4.78 is 2.16. The van der Waals surface area contributed by atoms with Gasteiger partial charge in [-0.05, 0) is 31.5 Å². The fraction of sp³-hybridized carbons (Fsp3) is 0.462. The van der Waals surface area contributed by atoms with E-state index in [1.165, 1.54) is 6.42 Å². The summed E-state index contributed by atoms with van der Waals surface area (Å²) in [7, 11) is 4.07. The first kappa shape index (κ1) is 11.8. The van der Waals surface area contributed by atoms with Gasteiger partial charge < -0.3 is 10.2 Å². The first-order chi connectivity index (χ1) is 8.68. The van der Waals surface area contributed by atoms with E-state index in [1.807, 2.05) is 26.2 Å². The van der Waals surface area contributed by atoms with Gasteiger partial charge in [-0.2, -0.15) is 0 Å². The van der Waals surface area contributed by atoms with E-state index in [-0.39, 0.29) is 0 Å². The van der Waals surface area contributed by atoms with Crippen LogP contribution in [0.4, 0.5) is 5.82 Å². The van der Waals surface area contributed by atoms with Crippen molar-refractivity contribution < 1.29 is 0 Å². The molecule has 1 saturated heterocycles. The highest BCUT2D eigenvalue weighted by Gasteiger charge is 2.23. The second-order valence-corrected chi connectivity index (χ2v) is 5.27. The quantitative estimate of drug-likeness (QED) is 0.905. The number of aromatic nitrogens is 2. The molecule has 0 bridgehead atoms. The number of fused-ring (bicyclic) bond motifs is 1. The van der Waals surface area contributed by atoms with Crippen LogP contribution in [0, 0.1) is 0 Å². The molecule has 0 radical (unpaired) electrons. The van der Waals surface area contributed by atoms with Gasteiger partial charge in [0.1, 0.15) is 11.6 Å². The van der Waals surface area contributed by atoms with E-state index in [4.69, 9.17) is 11.6 Å². The summed E-state index contributed by atoms with van der Waals surface area (Å²) in [5.41, 5.74) is 0.978. The fourth-order valence-corrected chi connectivity index (χ4v) is 2.83. The molecule has 1 atom stereocenters. The van der Waals surface area contributed by atoms with Gasteiger partial charge in [0.2, 0.25) is 0 Å². The lowest BCUT2D eigenvalue weighted by Crippen LogP contribution is -2.19. The highest BCUT2D eigenvalue weighted by atomic mass is 35.5. The Labute approximate surface area is 112 Å². The number of nitrogens with zero attached hydrogens (tertiary/aromatic N) is 3. The normalized spacial score (nSPS) is 19.6. The average Bonchev–Trinajstić information content (AvgIpc) is 2.97. The molecule has 0 aromatic carbocycles. The smallest absolute Gasteiger partial charge is 0.155 e. The molecule has 1 aliphatic heterocycles. The Balaban J connectivity index is 2.24. The summed E-state index contributed by atoms with van der Waals surface area (Å²) >= 11 is 6.25. The SMILES string of the molecule is CN(C)c1cccc2c(Cl)nc(C3CCCN3)n12. The number of halogens is 1. The second-order valence-electron chi connectivity index (χ2n) is 4.91. The molecule has 3 heterocycles. The van der Waals surface area contributed by atoms with Crippen LogP contribution in [0.15, 0.2) is 18.2 Å². The third-order valence-electron chi connectivity index (χ3n) is 3.45. The van der Waals surface area contributed by atoms with Gasteiger partial charge in [-0.1, -0.05) is 17.7 Å². The highest BCUT2D eigenvalue weighted by Crippen LogP contribution is 2.30.